The number of ether oxygens (including phenoxy) is 1. The van der Waals surface area contributed by atoms with E-state index in [0.717, 1.165) is 6.07 Å². The minimum absolute atomic E-state index is 0.0893. The molecule has 0 bridgehead atoms. The van der Waals surface area contributed by atoms with Gasteiger partial charge in [0.05, 0.1) is 17.3 Å². The Labute approximate surface area is 105 Å². The summed E-state index contributed by atoms with van der Waals surface area (Å²) >= 11 is 2.88. The summed E-state index contributed by atoms with van der Waals surface area (Å²) in [4.78, 5) is 0. The predicted molar refractivity (Wildman–Crippen MR) is 60.8 cm³/mol. The second kappa shape index (κ2) is 4.77. The number of phenols is 1. The first-order chi connectivity index (χ1) is 7.26. The van der Waals surface area contributed by atoms with Gasteiger partial charge in [-0.1, -0.05) is 0 Å². The summed E-state index contributed by atoms with van der Waals surface area (Å²) in [5.74, 6) is -2.02. The molecule has 0 aromatic heterocycles. The van der Waals surface area contributed by atoms with Gasteiger partial charge in [0, 0.05) is 22.3 Å². The molecule has 0 unspecified atom stereocenters. The molecule has 1 aromatic carbocycles. The molecule has 0 atom stereocenters. The number of benzene rings is 1. The molecule has 8 heteroatoms. The van der Waals surface area contributed by atoms with E-state index in [4.69, 9.17) is 10.7 Å². The molecule has 16 heavy (non-hydrogen) atoms. The molecule has 1 aromatic rings. The highest BCUT2D eigenvalue weighted by Crippen LogP contribution is 2.39. The Hall–Kier alpha value is -0.530. The normalized spacial score (nSPS) is 11.5. The van der Waals surface area contributed by atoms with Crippen LogP contribution in [0.1, 0.15) is 5.56 Å². The molecule has 0 spiro atoms. The summed E-state index contributed by atoms with van der Waals surface area (Å²) in [7, 11) is 2.35. The number of aromatic hydroxyl groups is 1. The van der Waals surface area contributed by atoms with Crippen LogP contribution in [0.15, 0.2) is 10.5 Å². The SMILES string of the molecule is COc1cc(F)c(CS(=O)(=O)Cl)c(Br)c1O. The molecule has 1 rings (SSSR count). The van der Waals surface area contributed by atoms with Crippen LogP contribution in [0.2, 0.25) is 0 Å². The van der Waals surface area contributed by atoms with Crippen molar-refractivity contribution in [3.8, 4) is 11.5 Å². The predicted octanol–water partition coefficient (Wildman–Crippen LogP) is 2.37. The van der Waals surface area contributed by atoms with Crippen LogP contribution in [0.3, 0.4) is 0 Å². The average Bonchev–Trinajstić information content (AvgIpc) is 2.17. The fraction of sp³-hybridized carbons (Fsp3) is 0.250. The van der Waals surface area contributed by atoms with Crippen molar-refractivity contribution in [1.82, 2.24) is 0 Å². The number of phenolic OH excluding ortho intramolecular Hbond substituents is 1. The van der Waals surface area contributed by atoms with Gasteiger partial charge in [-0.15, -0.1) is 0 Å². The summed E-state index contributed by atoms with van der Waals surface area (Å²) in [5, 5.41) is 9.52. The van der Waals surface area contributed by atoms with Crippen LogP contribution in [-0.2, 0) is 14.8 Å². The van der Waals surface area contributed by atoms with E-state index >= 15 is 0 Å². The van der Waals surface area contributed by atoms with Gasteiger partial charge in [-0.25, -0.2) is 12.8 Å². The number of methoxy groups -OCH3 is 1. The zero-order valence-corrected chi connectivity index (χ0v) is 11.2. The van der Waals surface area contributed by atoms with Gasteiger partial charge in [-0.3, -0.25) is 0 Å². The van der Waals surface area contributed by atoms with E-state index in [0.29, 0.717) is 0 Å². The standard InChI is InChI=1S/C8H7BrClFO4S/c1-15-6-2-5(11)4(3-16(10,13)14)7(9)8(6)12/h2,12H,3H2,1H3. The quantitative estimate of drug-likeness (QED) is 0.863. The van der Waals surface area contributed by atoms with Crippen molar-refractivity contribution in [2.24, 2.45) is 0 Å². The Bertz CT molecular complexity index is 517. The Morgan fingerprint density at radius 2 is 2.19 bits per heavy atom. The first-order valence-corrected chi connectivity index (χ1v) is 7.19. The van der Waals surface area contributed by atoms with Crippen LogP contribution in [0.25, 0.3) is 0 Å². The second-order valence-corrected chi connectivity index (χ2v) is 6.45. The van der Waals surface area contributed by atoms with E-state index in [1.54, 1.807) is 0 Å². The molecule has 1 N–H and O–H groups in total. The van der Waals surface area contributed by atoms with Crippen LogP contribution in [-0.4, -0.2) is 20.6 Å². The van der Waals surface area contributed by atoms with Crippen LogP contribution in [0, 0.1) is 5.82 Å². The summed E-state index contributed by atoms with van der Waals surface area (Å²) < 4.78 is 39.7. The largest absolute Gasteiger partial charge is 0.503 e. The summed E-state index contributed by atoms with van der Waals surface area (Å²) in [5.41, 5.74) is -0.242. The first kappa shape index (κ1) is 13.5. The van der Waals surface area contributed by atoms with Gasteiger partial charge in [0.25, 0.3) is 0 Å². The maximum atomic E-state index is 13.5. The Kier molecular flexibility index (Phi) is 4.03. The maximum absolute atomic E-state index is 13.5. The van der Waals surface area contributed by atoms with Gasteiger partial charge in [0.2, 0.25) is 9.05 Å². The minimum Gasteiger partial charge on any atom is -0.503 e. The molecule has 0 saturated carbocycles. The van der Waals surface area contributed by atoms with E-state index < -0.39 is 20.6 Å². The fourth-order valence-electron chi connectivity index (χ4n) is 1.09. The summed E-state index contributed by atoms with van der Waals surface area (Å²) in [6.45, 7) is 0. The highest BCUT2D eigenvalue weighted by atomic mass is 79.9. The van der Waals surface area contributed by atoms with Crippen LogP contribution in [0.4, 0.5) is 4.39 Å². The summed E-state index contributed by atoms with van der Waals surface area (Å²) in [6, 6.07) is 0.886. The zero-order valence-electron chi connectivity index (χ0n) is 8.00. The Balaban J connectivity index is 3.37. The van der Waals surface area contributed by atoms with Crippen LogP contribution < -0.4 is 4.74 Å². The minimum atomic E-state index is -3.91. The highest BCUT2D eigenvalue weighted by Gasteiger charge is 2.20. The lowest BCUT2D eigenvalue weighted by Gasteiger charge is -2.10. The topological polar surface area (TPSA) is 63.6 Å². The molecule has 0 aliphatic heterocycles. The van der Waals surface area contributed by atoms with Gasteiger partial charge in [-0.05, 0) is 15.9 Å². The molecule has 0 fully saturated rings. The van der Waals surface area contributed by atoms with Crippen molar-refractivity contribution in [2.75, 3.05) is 7.11 Å². The molecular weight excluding hydrogens is 327 g/mol. The molecule has 0 amide bonds. The monoisotopic (exact) mass is 332 g/mol. The number of rotatable bonds is 3. The van der Waals surface area contributed by atoms with E-state index in [-0.39, 0.29) is 21.5 Å². The lowest BCUT2D eigenvalue weighted by Crippen LogP contribution is -2.01. The third-order valence-corrected chi connectivity index (χ3v) is 3.60. The lowest BCUT2D eigenvalue weighted by atomic mass is 10.2. The number of hydrogen-bond acceptors (Lipinski definition) is 4. The molecule has 4 nitrogen and oxygen atoms in total. The van der Waals surface area contributed by atoms with Crippen molar-refractivity contribution >= 4 is 35.7 Å². The molecule has 0 aliphatic carbocycles. The van der Waals surface area contributed by atoms with E-state index in [9.17, 15) is 17.9 Å². The smallest absolute Gasteiger partial charge is 0.236 e. The Morgan fingerprint density at radius 3 is 2.62 bits per heavy atom. The van der Waals surface area contributed by atoms with Gasteiger partial charge >= 0.3 is 0 Å². The molecule has 0 saturated heterocycles. The van der Waals surface area contributed by atoms with Crippen molar-refractivity contribution in [1.29, 1.82) is 0 Å². The first-order valence-electron chi connectivity index (χ1n) is 3.92. The van der Waals surface area contributed by atoms with Gasteiger partial charge in [0.1, 0.15) is 5.82 Å². The lowest BCUT2D eigenvalue weighted by molar-refractivity contribution is 0.368. The Morgan fingerprint density at radius 1 is 1.62 bits per heavy atom. The van der Waals surface area contributed by atoms with Crippen LogP contribution in [0.5, 0.6) is 11.5 Å². The van der Waals surface area contributed by atoms with Gasteiger partial charge in [0.15, 0.2) is 11.5 Å². The van der Waals surface area contributed by atoms with Crippen molar-refractivity contribution < 1.29 is 22.7 Å². The molecule has 90 valence electrons. The zero-order chi connectivity index (χ0) is 12.5. The van der Waals surface area contributed by atoms with Crippen molar-refractivity contribution in [3.05, 3.63) is 21.9 Å². The average molecular weight is 334 g/mol. The van der Waals surface area contributed by atoms with Crippen LogP contribution >= 0.6 is 26.6 Å². The molecule has 0 radical (unpaired) electrons. The third-order valence-electron chi connectivity index (χ3n) is 1.79. The summed E-state index contributed by atoms with van der Waals surface area (Å²) in [6.07, 6.45) is 0. The van der Waals surface area contributed by atoms with E-state index in [1.807, 2.05) is 0 Å². The second-order valence-electron chi connectivity index (χ2n) is 2.88. The van der Waals surface area contributed by atoms with Gasteiger partial charge in [-0.2, -0.15) is 0 Å². The van der Waals surface area contributed by atoms with Crippen molar-refractivity contribution in [2.45, 2.75) is 5.75 Å². The van der Waals surface area contributed by atoms with E-state index in [1.165, 1.54) is 7.11 Å². The van der Waals surface area contributed by atoms with E-state index in [2.05, 4.69) is 20.7 Å². The third kappa shape index (κ3) is 2.99. The number of halogens is 3. The number of hydrogen-bond donors (Lipinski definition) is 1. The highest BCUT2D eigenvalue weighted by molar-refractivity contribution is 9.10. The van der Waals surface area contributed by atoms with Crippen molar-refractivity contribution in [3.63, 3.8) is 0 Å². The fourth-order valence-corrected chi connectivity index (χ4v) is 2.75. The maximum Gasteiger partial charge on any atom is 0.236 e. The molecule has 0 heterocycles. The molecular formula is C8H7BrClFO4S. The molecule has 0 aliphatic rings. The van der Waals surface area contributed by atoms with Gasteiger partial charge < -0.3 is 9.84 Å².